The molecular weight excluding hydrogens is 420 g/mol. The molecule has 0 aliphatic carbocycles. The average molecular weight is 461 g/mol. The Balaban J connectivity index is 0.000000653. The SMILES string of the molecule is CC.CNCC(=O)NC(CCC(=O)C=N)C(=O)OC(C)(C)C.Cc1cn(C)c2ccccc12. The lowest BCUT2D eigenvalue weighted by Crippen LogP contribution is -2.46. The molecule has 2 rings (SSSR count). The number of Topliss-reactive ketones (excluding diaryl/α,β-unsaturated/α-hetero) is 1. The summed E-state index contributed by atoms with van der Waals surface area (Å²) < 4.78 is 7.36. The van der Waals surface area contributed by atoms with Gasteiger partial charge in [0.25, 0.3) is 0 Å². The number of amides is 1. The van der Waals surface area contributed by atoms with Crippen LogP contribution in [0.25, 0.3) is 10.9 Å². The smallest absolute Gasteiger partial charge is 0.329 e. The minimum Gasteiger partial charge on any atom is -0.458 e. The third-order valence-electron chi connectivity index (χ3n) is 4.30. The van der Waals surface area contributed by atoms with Gasteiger partial charge in [0, 0.05) is 30.6 Å². The fourth-order valence-electron chi connectivity index (χ4n) is 2.93. The van der Waals surface area contributed by atoms with Crippen molar-refractivity contribution in [2.24, 2.45) is 7.05 Å². The van der Waals surface area contributed by atoms with Crippen LogP contribution >= 0.6 is 0 Å². The Morgan fingerprint density at radius 3 is 2.30 bits per heavy atom. The van der Waals surface area contributed by atoms with Crippen LogP contribution in [-0.4, -0.2) is 53.7 Å². The summed E-state index contributed by atoms with van der Waals surface area (Å²) >= 11 is 0. The van der Waals surface area contributed by atoms with Gasteiger partial charge in [-0.3, -0.25) is 9.59 Å². The molecule has 0 aliphatic rings. The molecule has 0 saturated carbocycles. The van der Waals surface area contributed by atoms with E-state index < -0.39 is 23.4 Å². The highest BCUT2D eigenvalue weighted by Gasteiger charge is 2.26. The Kier molecular flexibility index (Phi) is 13.6. The number of carbonyl (C=O) groups is 3. The van der Waals surface area contributed by atoms with Crippen molar-refractivity contribution in [1.29, 1.82) is 5.41 Å². The van der Waals surface area contributed by atoms with Gasteiger partial charge < -0.3 is 25.3 Å². The molecule has 0 spiro atoms. The Labute approximate surface area is 197 Å². The molecule has 8 heteroatoms. The molecule has 0 fully saturated rings. The first-order valence-corrected chi connectivity index (χ1v) is 11.2. The Morgan fingerprint density at radius 2 is 1.79 bits per heavy atom. The van der Waals surface area contributed by atoms with E-state index in [1.807, 2.05) is 13.8 Å². The normalized spacial score (nSPS) is 11.3. The molecule has 3 N–H and O–H groups in total. The number of nitrogens with one attached hydrogen (secondary N) is 3. The topological polar surface area (TPSA) is 113 Å². The highest BCUT2D eigenvalue weighted by Crippen LogP contribution is 2.18. The number of hydrogen-bond acceptors (Lipinski definition) is 6. The van der Waals surface area contributed by atoms with Crippen LogP contribution < -0.4 is 10.6 Å². The number of aromatic nitrogens is 1. The van der Waals surface area contributed by atoms with Crippen LogP contribution in [0.2, 0.25) is 0 Å². The number of carbonyl (C=O) groups excluding carboxylic acids is 3. The van der Waals surface area contributed by atoms with E-state index in [4.69, 9.17) is 10.1 Å². The summed E-state index contributed by atoms with van der Waals surface area (Å²) in [4.78, 5) is 34.6. The Morgan fingerprint density at radius 1 is 1.18 bits per heavy atom. The molecule has 8 nitrogen and oxygen atoms in total. The zero-order valence-corrected chi connectivity index (χ0v) is 21.2. The zero-order valence-electron chi connectivity index (χ0n) is 21.2. The Bertz CT molecular complexity index is 877. The summed E-state index contributed by atoms with van der Waals surface area (Å²) in [6, 6.07) is 7.56. The molecule has 0 bridgehead atoms. The van der Waals surface area contributed by atoms with E-state index >= 15 is 0 Å². The van der Waals surface area contributed by atoms with Gasteiger partial charge in [-0.2, -0.15) is 0 Å². The monoisotopic (exact) mass is 460 g/mol. The number of aryl methyl sites for hydroxylation is 2. The molecule has 33 heavy (non-hydrogen) atoms. The highest BCUT2D eigenvalue weighted by atomic mass is 16.6. The average Bonchev–Trinajstić information content (AvgIpc) is 3.05. The summed E-state index contributed by atoms with van der Waals surface area (Å²) in [5, 5.41) is 13.4. The number of esters is 1. The molecule has 1 aromatic heterocycles. The zero-order chi connectivity index (χ0) is 25.6. The van der Waals surface area contributed by atoms with Crippen molar-refractivity contribution >= 4 is 34.8 Å². The van der Waals surface area contributed by atoms with Gasteiger partial charge in [0.15, 0.2) is 5.78 Å². The van der Waals surface area contributed by atoms with Crippen molar-refractivity contribution < 1.29 is 19.1 Å². The maximum Gasteiger partial charge on any atom is 0.329 e. The highest BCUT2D eigenvalue weighted by molar-refractivity contribution is 6.26. The molecule has 2 aromatic rings. The van der Waals surface area contributed by atoms with Crippen LogP contribution in [-0.2, 0) is 26.2 Å². The van der Waals surface area contributed by atoms with Crippen molar-refractivity contribution in [3.8, 4) is 0 Å². The van der Waals surface area contributed by atoms with Gasteiger partial charge >= 0.3 is 5.97 Å². The van der Waals surface area contributed by atoms with Crippen LogP contribution in [0.15, 0.2) is 30.5 Å². The fourth-order valence-corrected chi connectivity index (χ4v) is 2.93. The minimum absolute atomic E-state index is 0.00719. The van der Waals surface area contributed by atoms with Crippen molar-refractivity contribution in [3.05, 3.63) is 36.0 Å². The van der Waals surface area contributed by atoms with Gasteiger partial charge in [-0.15, -0.1) is 0 Å². The molecule has 1 heterocycles. The van der Waals surface area contributed by atoms with Gasteiger partial charge in [-0.25, -0.2) is 4.79 Å². The van der Waals surface area contributed by atoms with Crippen LogP contribution in [0.4, 0.5) is 0 Å². The van der Waals surface area contributed by atoms with E-state index in [9.17, 15) is 14.4 Å². The standard InChI is InChI=1S/C13H23N3O4.C10H11N.C2H6/c1-13(2,3)20-12(19)10(6-5-9(17)7-14)16-11(18)8-15-4;1-8-7-11(2)10-6-4-3-5-9(8)10;1-2/h7,10,14-15H,5-6,8H2,1-4H3,(H,16,18);3-7H,1-2H3;1-2H3. The van der Waals surface area contributed by atoms with Crippen LogP contribution in [0, 0.1) is 12.3 Å². The second-order valence-corrected chi connectivity index (χ2v) is 8.27. The molecule has 1 atom stereocenters. The molecule has 0 radical (unpaired) electrons. The molecule has 1 unspecified atom stereocenters. The molecular formula is C25H40N4O4. The predicted octanol–water partition coefficient (Wildman–Crippen LogP) is 3.54. The number of ketones is 1. The molecule has 184 valence electrons. The fraction of sp³-hybridized carbons (Fsp3) is 0.520. The van der Waals surface area contributed by atoms with Crippen LogP contribution in [0.5, 0.6) is 0 Å². The van der Waals surface area contributed by atoms with Gasteiger partial charge in [0.2, 0.25) is 5.91 Å². The van der Waals surface area contributed by atoms with Crippen molar-refractivity contribution in [1.82, 2.24) is 15.2 Å². The minimum atomic E-state index is -0.890. The summed E-state index contributed by atoms with van der Waals surface area (Å²) in [7, 11) is 3.69. The lowest BCUT2D eigenvalue weighted by atomic mass is 10.1. The number of ether oxygens (including phenoxy) is 1. The van der Waals surface area contributed by atoms with Gasteiger partial charge in [0.05, 0.1) is 12.8 Å². The third kappa shape index (κ3) is 11.4. The van der Waals surface area contributed by atoms with Gasteiger partial charge in [0.1, 0.15) is 11.6 Å². The first kappa shape index (κ1) is 30.0. The maximum absolute atomic E-state index is 12.0. The lowest BCUT2D eigenvalue weighted by Gasteiger charge is -2.24. The third-order valence-corrected chi connectivity index (χ3v) is 4.30. The summed E-state index contributed by atoms with van der Waals surface area (Å²) in [5.41, 5.74) is 1.99. The number of nitrogens with zero attached hydrogens (tertiary/aromatic N) is 1. The van der Waals surface area contributed by atoms with Crippen molar-refractivity contribution in [3.63, 3.8) is 0 Å². The van der Waals surface area contributed by atoms with Crippen LogP contribution in [0.1, 0.15) is 53.0 Å². The number of benzene rings is 1. The number of rotatable bonds is 8. The second-order valence-electron chi connectivity index (χ2n) is 8.27. The summed E-state index contributed by atoms with van der Waals surface area (Å²) in [6.07, 6.45) is 2.97. The quantitative estimate of drug-likeness (QED) is 0.412. The van der Waals surface area contributed by atoms with Crippen LogP contribution in [0.3, 0.4) is 0 Å². The van der Waals surface area contributed by atoms with Gasteiger partial charge in [-0.05, 0) is 52.8 Å². The van der Waals surface area contributed by atoms with Crippen molar-refractivity contribution in [2.75, 3.05) is 13.6 Å². The second kappa shape index (κ2) is 14.9. The number of fused-ring (bicyclic) bond motifs is 1. The number of hydrogen-bond donors (Lipinski definition) is 3. The largest absolute Gasteiger partial charge is 0.458 e. The first-order valence-electron chi connectivity index (χ1n) is 11.2. The lowest BCUT2D eigenvalue weighted by molar-refractivity contribution is -0.158. The summed E-state index contributed by atoms with van der Waals surface area (Å²) in [6.45, 7) is 11.4. The maximum atomic E-state index is 12.0. The van der Waals surface area contributed by atoms with E-state index in [2.05, 4.69) is 59.6 Å². The molecule has 0 aliphatic heterocycles. The number of likely N-dealkylation sites (N-methyl/N-ethyl adjacent to an activating group) is 1. The number of para-hydroxylation sites is 1. The van der Waals surface area contributed by atoms with E-state index in [1.54, 1.807) is 27.8 Å². The van der Waals surface area contributed by atoms with Gasteiger partial charge in [-0.1, -0.05) is 32.0 Å². The first-order chi connectivity index (χ1) is 15.5. The summed E-state index contributed by atoms with van der Waals surface area (Å²) in [5.74, 6) is -1.34. The van der Waals surface area contributed by atoms with E-state index in [0.29, 0.717) is 6.21 Å². The van der Waals surface area contributed by atoms with E-state index in [1.165, 1.54) is 16.5 Å². The van der Waals surface area contributed by atoms with E-state index in [-0.39, 0.29) is 25.3 Å². The molecule has 1 amide bonds. The molecule has 1 aromatic carbocycles. The predicted molar refractivity (Wildman–Crippen MR) is 134 cm³/mol. The van der Waals surface area contributed by atoms with Crippen molar-refractivity contribution in [2.45, 2.75) is 66.0 Å². The Hall–Kier alpha value is -3.00. The van der Waals surface area contributed by atoms with E-state index in [0.717, 1.165) is 0 Å². The molecule has 0 saturated heterocycles.